The molecular weight excluding hydrogens is 1880 g/mol. The van der Waals surface area contributed by atoms with Crippen LogP contribution >= 0.6 is 0 Å². The highest BCUT2D eigenvalue weighted by molar-refractivity contribution is 6.02. The largest absolute Gasteiger partial charge is 0.481 e. The van der Waals surface area contributed by atoms with E-state index in [0.717, 1.165) is 5.56 Å². The summed E-state index contributed by atoms with van der Waals surface area (Å²) in [7, 11) is 0. The fourth-order valence-corrected chi connectivity index (χ4v) is 15.1. The number of primary amides is 2. The van der Waals surface area contributed by atoms with Crippen LogP contribution in [-0.2, 0) is 104 Å². The maximum absolute atomic E-state index is 15.0. The topological polar surface area (TPSA) is 861 Å². The molecule has 812 valence electrons. The number of carboxylic acids is 2. The van der Waals surface area contributed by atoms with Crippen LogP contribution in [0.1, 0.15) is 223 Å². The number of guanidine groups is 3. The minimum atomic E-state index is -2.05. The number of nitrogens with two attached hydrogens (primary N) is 8. The fourth-order valence-electron chi connectivity index (χ4n) is 15.1. The van der Waals surface area contributed by atoms with Gasteiger partial charge < -0.3 is 152 Å². The lowest BCUT2D eigenvalue weighted by Gasteiger charge is -2.31. The number of carbonyl (C=O) groups is 19. The summed E-state index contributed by atoms with van der Waals surface area (Å²) in [6.45, 7) is 19.9. The Morgan fingerprint density at radius 1 is 0.303 bits per heavy atom. The molecule has 0 saturated heterocycles. The number of unbranched alkanes of at least 4 members (excludes halogenated alkanes) is 2. The number of benzene rings is 2. The average Bonchev–Trinajstić information content (AvgIpc) is 0.839. The second-order valence-electron chi connectivity index (χ2n) is 37.8. The van der Waals surface area contributed by atoms with Gasteiger partial charge in [-0.3, -0.25) is 103 Å². The van der Waals surface area contributed by atoms with E-state index in [-0.39, 0.29) is 147 Å². The van der Waals surface area contributed by atoms with Gasteiger partial charge in [0.15, 0.2) is 17.9 Å². The van der Waals surface area contributed by atoms with Gasteiger partial charge in [-0.15, -0.1) is 0 Å². The van der Waals surface area contributed by atoms with Crippen molar-refractivity contribution in [3.63, 3.8) is 0 Å². The Balaban J connectivity index is 2.70. The molecule has 0 unspecified atom stereocenters. The van der Waals surface area contributed by atoms with Crippen LogP contribution in [0.25, 0.3) is 0 Å². The Labute approximate surface area is 846 Å². The predicted molar refractivity (Wildman–Crippen MR) is 540 cm³/mol. The molecule has 0 bridgehead atoms. The molecule has 39 N–H and O–H groups in total. The fraction of sp³-hybridized carbons (Fsp3) is 0.642. The Hall–Kier alpha value is -13.9. The Kier molecular flexibility index (Phi) is 59.2. The molecule has 0 radical (unpaired) electrons. The molecule has 2 aromatic carbocycles. The molecule has 50 nitrogen and oxygen atoms in total. The highest BCUT2D eigenvalue weighted by Crippen LogP contribution is 2.20. The highest BCUT2D eigenvalue weighted by atomic mass is 16.4. The van der Waals surface area contributed by atoms with E-state index in [1.165, 1.54) is 0 Å². The third-order valence-electron chi connectivity index (χ3n) is 23.7. The number of amides is 17. The van der Waals surface area contributed by atoms with Crippen LogP contribution < -0.4 is 142 Å². The van der Waals surface area contributed by atoms with Gasteiger partial charge in [-0.1, -0.05) is 157 Å². The quantitative estimate of drug-likeness (QED) is 0.0168. The molecule has 0 saturated carbocycles. The zero-order valence-corrected chi connectivity index (χ0v) is 85.3. The van der Waals surface area contributed by atoms with Crippen LogP contribution in [0.4, 0.5) is 0 Å². The van der Waals surface area contributed by atoms with E-state index < -0.39 is 276 Å². The van der Waals surface area contributed by atoms with Crippen LogP contribution in [0.2, 0.25) is 0 Å². The monoisotopic (exact) mass is 2040 g/mol. The Morgan fingerprint density at radius 3 is 0.917 bits per heavy atom. The number of aliphatic carboxylic acids is 2. The highest BCUT2D eigenvalue weighted by Gasteiger charge is 2.42. The summed E-state index contributed by atoms with van der Waals surface area (Å²) in [5.41, 5.74) is 47.1. The number of nitrogens with one attached hydrogen (secondary N) is 21. The molecule has 18 atom stereocenters. The van der Waals surface area contributed by atoms with E-state index in [1.54, 1.807) is 144 Å². The second kappa shape index (κ2) is 67.6. The lowest BCUT2D eigenvalue weighted by molar-refractivity contribution is -0.144. The van der Waals surface area contributed by atoms with Crippen molar-refractivity contribution >= 4 is 130 Å². The molecular formula is C95H161N29O21. The molecule has 0 aliphatic rings. The summed E-state index contributed by atoms with van der Waals surface area (Å²) in [4.78, 5) is 269. The van der Waals surface area contributed by atoms with Crippen LogP contribution in [-0.4, -0.2) is 270 Å². The van der Waals surface area contributed by atoms with Crippen molar-refractivity contribution in [2.24, 2.45) is 81.4 Å². The van der Waals surface area contributed by atoms with E-state index in [2.05, 4.69) is 95.7 Å². The standard InChI is InChI=1S/C95H161N29O21/c1-13-54(11)75(123-82(134)63(36-27-43-109-95(105)106)112-81(133)64(37-38-70(99)125)115-89(141)73(52(7)8)121-91(143)76(55(12)14-2)124-83(135)62(35-26-42-108-94(103)104)111-78(130)59(32-21-23-39-96)110-77(129)58(98)46-56-28-17-15-18-29-56)90(142)114-60(33-22-24-40-97)79(131)120-69(49-72(127)128)87(139)118-67(47-57-30-19-16-20-31-57)85(137)116-65(44-50(3)4)84(136)113-61(34-25-41-107-93(101)102)80(132)119-68(48-71(100)126)86(138)117-66(45-51(5)6)88(140)122-74(53(9)10)92(144)145/h15-20,28-31,50-55,58-69,73-76H,13-14,21-27,32-49,96-98H2,1-12H3,(H2,99,125)(H2,100,126)(H,110,129)(H,111,130)(H,112,133)(H,113,136)(H,114,142)(H,115,141)(H,116,137)(H,117,138)(H,118,139)(H,119,132)(H,120,131)(H,121,143)(H,122,140)(H,123,134)(H,124,135)(H,127,128)(H,144,145)(H4,101,102,107)(H4,103,104,108)(H4,105,106,109)/t54-,55-,58-,59-,60-,61-,62-,63-,64-,65-,66-,67-,68-,69-,73-,74-,75-,76-/m0/s1. The molecule has 0 aliphatic heterocycles. The molecule has 2 aromatic rings. The molecule has 145 heavy (non-hydrogen) atoms. The summed E-state index contributed by atoms with van der Waals surface area (Å²) in [6, 6.07) is -7.79. The SMILES string of the molecule is CC[C@H](C)[C@H](NC(=O)[C@H](CCCNC(=N)N)NC(=O)[C@H](CCC(N)=O)NC(=O)[C@@H](NC(=O)[C@@H](NC(=O)[C@H](CCCNC(=N)N)NC(=O)[C@H](CCCCN)NC(=O)[C@@H](N)Cc1ccccc1)[C@@H](C)CC)C(C)C)C(=O)N[C@@H](CCCCN)C(=O)N[C@@H](CC(=O)O)C(=O)N[C@@H](Cc1ccccc1)C(=O)N[C@@H](CC(C)C)C(=O)N[C@@H](CCCNC(=N)N)C(=O)N[C@@H](CC(N)=O)C(=O)N[C@@H](CC(C)C)C(=O)N[C@H](C(=O)O)C(C)C. The van der Waals surface area contributed by atoms with Gasteiger partial charge in [-0.25, -0.2) is 4.79 Å². The van der Waals surface area contributed by atoms with E-state index in [1.807, 2.05) is 0 Å². The van der Waals surface area contributed by atoms with Gasteiger partial charge in [0.1, 0.15) is 90.6 Å². The van der Waals surface area contributed by atoms with E-state index >= 15 is 9.59 Å². The third-order valence-corrected chi connectivity index (χ3v) is 23.7. The molecule has 50 heteroatoms. The van der Waals surface area contributed by atoms with Gasteiger partial charge in [0, 0.05) is 32.5 Å². The maximum atomic E-state index is 15.0. The summed E-state index contributed by atoms with van der Waals surface area (Å²) in [6.07, 6.45) is -2.52. The summed E-state index contributed by atoms with van der Waals surface area (Å²) < 4.78 is 0. The van der Waals surface area contributed by atoms with Crippen molar-refractivity contribution in [2.45, 2.75) is 321 Å². The molecule has 0 fully saturated rings. The van der Waals surface area contributed by atoms with Crippen molar-refractivity contribution in [1.29, 1.82) is 16.2 Å². The van der Waals surface area contributed by atoms with Crippen LogP contribution in [0.5, 0.6) is 0 Å². The van der Waals surface area contributed by atoms with Crippen LogP contribution in [0.3, 0.4) is 0 Å². The van der Waals surface area contributed by atoms with E-state index in [4.69, 9.17) is 62.1 Å². The average molecular weight is 2050 g/mol. The number of carbonyl (C=O) groups excluding carboxylic acids is 17. The molecule has 2 rings (SSSR count). The molecule has 0 aliphatic carbocycles. The first kappa shape index (κ1) is 127. The summed E-state index contributed by atoms with van der Waals surface area (Å²) >= 11 is 0. The molecule has 0 heterocycles. The van der Waals surface area contributed by atoms with Gasteiger partial charge in [0.2, 0.25) is 100 Å². The van der Waals surface area contributed by atoms with Crippen molar-refractivity contribution in [2.75, 3.05) is 32.7 Å². The second-order valence-corrected chi connectivity index (χ2v) is 37.8. The zero-order valence-electron chi connectivity index (χ0n) is 85.3. The molecule has 0 aromatic heterocycles. The minimum absolute atomic E-state index is 0.00561. The van der Waals surface area contributed by atoms with Gasteiger partial charge in [0.05, 0.1) is 18.9 Å². The van der Waals surface area contributed by atoms with E-state index in [9.17, 15) is 91.7 Å². The lowest BCUT2D eigenvalue weighted by atomic mass is 9.95. The van der Waals surface area contributed by atoms with Crippen LogP contribution in [0.15, 0.2) is 60.7 Å². The van der Waals surface area contributed by atoms with E-state index in [0.29, 0.717) is 18.4 Å². The lowest BCUT2D eigenvalue weighted by Crippen LogP contribution is -2.62. The number of hydrogen-bond donors (Lipinski definition) is 31. The first-order chi connectivity index (χ1) is 68.3. The Morgan fingerprint density at radius 2 is 0.579 bits per heavy atom. The molecule has 0 spiro atoms. The summed E-state index contributed by atoms with van der Waals surface area (Å²) in [5.74, 6) is -24.8. The smallest absolute Gasteiger partial charge is 0.326 e. The first-order valence-corrected chi connectivity index (χ1v) is 49.3. The predicted octanol–water partition coefficient (Wildman–Crippen LogP) is -4.68. The Bertz CT molecular complexity index is 4590. The van der Waals surface area contributed by atoms with Crippen molar-refractivity contribution < 1.29 is 101 Å². The number of hydrogen-bond acceptors (Lipinski definition) is 25. The zero-order chi connectivity index (χ0) is 109. The molecule has 17 amide bonds. The normalized spacial score (nSPS) is 14.9. The van der Waals surface area contributed by atoms with Gasteiger partial charge >= 0.3 is 11.9 Å². The van der Waals surface area contributed by atoms with Crippen molar-refractivity contribution in [3.05, 3.63) is 71.8 Å². The maximum Gasteiger partial charge on any atom is 0.326 e. The number of rotatable bonds is 72. The first-order valence-electron chi connectivity index (χ1n) is 49.3. The van der Waals surface area contributed by atoms with Crippen molar-refractivity contribution in [3.8, 4) is 0 Å². The minimum Gasteiger partial charge on any atom is -0.481 e. The number of carboxylic acid groups (broad SMARTS) is 2. The van der Waals surface area contributed by atoms with Gasteiger partial charge in [-0.2, -0.15) is 0 Å². The van der Waals surface area contributed by atoms with Gasteiger partial charge in [0.25, 0.3) is 0 Å². The third kappa shape index (κ3) is 50.2. The van der Waals surface area contributed by atoms with Crippen molar-refractivity contribution in [1.82, 2.24) is 95.7 Å². The van der Waals surface area contributed by atoms with Crippen LogP contribution in [0, 0.1) is 51.7 Å². The van der Waals surface area contributed by atoms with Gasteiger partial charge in [-0.05, 0) is 162 Å². The summed E-state index contributed by atoms with van der Waals surface area (Å²) in [5, 5.41) is 90.0.